The van der Waals surface area contributed by atoms with Crippen LogP contribution in [0, 0.1) is 0 Å². The van der Waals surface area contributed by atoms with Crippen molar-refractivity contribution in [3.63, 3.8) is 0 Å². The molecule has 2 aromatic carbocycles. The van der Waals surface area contributed by atoms with Gasteiger partial charge in [0.15, 0.2) is 0 Å². The summed E-state index contributed by atoms with van der Waals surface area (Å²) in [5, 5.41) is 10.1. The van der Waals surface area contributed by atoms with E-state index in [1.165, 1.54) is 17.4 Å². The van der Waals surface area contributed by atoms with Gasteiger partial charge in [-0.25, -0.2) is 4.79 Å². The van der Waals surface area contributed by atoms with Crippen molar-refractivity contribution in [1.29, 1.82) is 0 Å². The number of benzene rings is 2. The van der Waals surface area contributed by atoms with Crippen molar-refractivity contribution < 1.29 is 14.6 Å². The highest BCUT2D eigenvalue weighted by Crippen LogP contribution is 2.39. The molecule has 2 aromatic heterocycles. The molecule has 6 heteroatoms. The van der Waals surface area contributed by atoms with E-state index in [2.05, 4.69) is 0 Å². The normalized spacial score (nSPS) is 11.0. The Balaban J connectivity index is 2.02. The van der Waals surface area contributed by atoms with E-state index in [1.54, 1.807) is 41.8 Å². The van der Waals surface area contributed by atoms with Crippen LogP contribution in [0.15, 0.2) is 71.5 Å². The van der Waals surface area contributed by atoms with Crippen molar-refractivity contribution in [3.8, 4) is 16.8 Å². The number of aliphatic hydroxyl groups is 1. The third-order valence-corrected chi connectivity index (χ3v) is 5.81. The van der Waals surface area contributed by atoms with Gasteiger partial charge in [0.05, 0.1) is 18.9 Å². The summed E-state index contributed by atoms with van der Waals surface area (Å²) in [6.45, 7) is 1.98. The van der Waals surface area contributed by atoms with Crippen LogP contribution in [-0.4, -0.2) is 22.2 Å². The molecule has 0 aliphatic rings. The number of aliphatic hydroxyl groups excluding tert-OH is 1. The van der Waals surface area contributed by atoms with Crippen molar-refractivity contribution in [2.75, 3.05) is 6.61 Å². The van der Waals surface area contributed by atoms with Crippen LogP contribution in [-0.2, 0) is 11.3 Å². The Hall–Kier alpha value is -3.22. The molecule has 0 spiro atoms. The molecule has 29 heavy (non-hydrogen) atoms. The summed E-state index contributed by atoms with van der Waals surface area (Å²) in [6, 6.07) is 20.0. The Labute approximate surface area is 171 Å². The van der Waals surface area contributed by atoms with Gasteiger partial charge < -0.3 is 9.84 Å². The molecule has 0 saturated carbocycles. The number of rotatable bonds is 5. The fourth-order valence-corrected chi connectivity index (χ4v) is 4.54. The zero-order valence-electron chi connectivity index (χ0n) is 15.8. The Morgan fingerprint density at radius 1 is 1.03 bits per heavy atom. The summed E-state index contributed by atoms with van der Waals surface area (Å²) in [6.07, 6.45) is 0. The Kier molecular flexibility index (Phi) is 5.29. The molecule has 0 radical (unpaired) electrons. The number of ether oxygens (including phenoxy) is 1. The predicted octanol–water partition coefficient (Wildman–Crippen LogP) is 4.39. The van der Waals surface area contributed by atoms with E-state index < -0.39 is 5.97 Å². The second-order valence-corrected chi connectivity index (χ2v) is 7.44. The van der Waals surface area contributed by atoms with Crippen LogP contribution in [0.5, 0.6) is 0 Å². The minimum atomic E-state index is -0.401. The van der Waals surface area contributed by atoms with E-state index in [-0.39, 0.29) is 18.8 Å². The number of hydrogen-bond acceptors (Lipinski definition) is 5. The van der Waals surface area contributed by atoms with Gasteiger partial charge in [-0.05, 0) is 36.2 Å². The number of esters is 1. The fraction of sp³-hybridized carbons (Fsp3) is 0.130. The summed E-state index contributed by atoms with van der Waals surface area (Å²) in [5.41, 5.74) is 2.91. The summed E-state index contributed by atoms with van der Waals surface area (Å²) in [4.78, 5) is 26.6. The largest absolute Gasteiger partial charge is 0.462 e. The zero-order valence-corrected chi connectivity index (χ0v) is 16.6. The number of aromatic nitrogens is 1. The minimum Gasteiger partial charge on any atom is -0.462 e. The molecule has 1 N–H and O–H groups in total. The van der Waals surface area contributed by atoms with Gasteiger partial charge in [-0.3, -0.25) is 9.36 Å². The third-order valence-electron chi connectivity index (χ3n) is 4.64. The molecule has 0 aliphatic carbocycles. The lowest BCUT2D eigenvalue weighted by Crippen LogP contribution is -2.16. The highest BCUT2D eigenvalue weighted by molar-refractivity contribution is 7.21. The maximum absolute atomic E-state index is 12.7. The molecular weight excluding hydrogens is 386 g/mol. The Morgan fingerprint density at radius 2 is 1.76 bits per heavy atom. The van der Waals surface area contributed by atoms with Crippen molar-refractivity contribution in [2.45, 2.75) is 13.5 Å². The number of carbonyl (C=O) groups is 1. The van der Waals surface area contributed by atoms with Gasteiger partial charge in [0, 0.05) is 17.0 Å². The van der Waals surface area contributed by atoms with Crippen LogP contribution in [0.1, 0.15) is 22.2 Å². The van der Waals surface area contributed by atoms with Crippen LogP contribution >= 0.6 is 11.3 Å². The number of hydrogen-bond donors (Lipinski definition) is 1. The van der Waals surface area contributed by atoms with Crippen molar-refractivity contribution in [1.82, 2.24) is 4.57 Å². The second-order valence-electron chi connectivity index (χ2n) is 6.44. The van der Waals surface area contributed by atoms with Crippen LogP contribution in [0.4, 0.5) is 0 Å². The van der Waals surface area contributed by atoms with Crippen LogP contribution in [0.25, 0.3) is 27.0 Å². The zero-order chi connectivity index (χ0) is 20.4. The van der Waals surface area contributed by atoms with Crippen LogP contribution < -0.4 is 5.56 Å². The number of carbonyl (C=O) groups excluding carboxylic acids is 1. The number of fused-ring (bicyclic) bond motifs is 1. The first kappa shape index (κ1) is 19.1. The maximum Gasteiger partial charge on any atom is 0.349 e. The smallest absolute Gasteiger partial charge is 0.349 e. The molecule has 0 bridgehead atoms. The summed E-state index contributed by atoms with van der Waals surface area (Å²) < 4.78 is 6.88. The Bertz CT molecular complexity index is 1220. The van der Waals surface area contributed by atoms with Gasteiger partial charge in [0.25, 0.3) is 5.56 Å². The lowest BCUT2D eigenvalue weighted by Gasteiger charge is -2.08. The third kappa shape index (κ3) is 3.48. The predicted molar refractivity (Wildman–Crippen MR) is 115 cm³/mol. The van der Waals surface area contributed by atoms with E-state index in [0.29, 0.717) is 15.4 Å². The van der Waals surface area contributed by atoms with Crippen molar-refractivity contribution in [2.24, 2.45) is 0 Å². The molecule has 4 rings (SSSR count). The van der Waals surface area contributed by atoms with Gasteiger partial charge >= 0.3 is 5.97 Å². The minimum absolute atomic E-state index is 0.0659. The van der Waals surface area contributed by atoms with E-state index in [9.17, 15) is 14.7 Å². The highest BCUT2D eigenvalue weighted by Gasteiger charge is 2.23. The average Bonchev–Trinajstić information content (AvgIpc) is 3.14. The second kappa shape index (κ2) is 8.03. The standard InChI is InChI=1S/C23H19NO4S/c1-2-28-23(27)21-20(16-6-4-3-5-7-16)18-12-13-19(26)24(22(18)29-21)17-10-8-15(14-25)9-11-17/h3-13,25H,2,14H2,1H3. The molecule has 2 heterocycles. The van der Waals surface area contributed by atoms with Gasteiger partial charge in [-0.2, -0.15) is 0 Å². The van der Waals surface area contributed by atoms with Gasteiger partial charge in [-0.1, -0.05) is 42.5 Å². The van der Waals surface area contributed by atoms with Gasteiger partial charge in [-0.15, -0.1) is 11.3 Å². The average molecular weight is 405 g/mol. The molecule has 146 valence electrons. The quantitative estimate of drug-likeness (QED) is 0.500. The molecule has 5 nitrogen and oxygen atoms in total. The molecular formula is C23H19NO4S. The van der Waals surface area contributed by atoms with Crippen molar-refractivity contribution >= 4 is 27.5 Å². The molecule has 0 fully saturated rings. The molecule has 0 amide bonds. The number of thiophene rings is 1. The lowest BCUT2D eigenvalue weighted by atomic mass is 10.0. The monoisotopic (exact) mass is 405 g/mol. The number of pyridine rings is 1. The first-order valence-electron chi connectivity index (χ1n) is 9.25. The molecule has 0 atom stereocenters. The number of nitrogens with zero attached hydrogens (tertiary/aromatic N) is 1. The molecule has 0 unspecified atom stereocenters. The molecule has 4 aromatic rings. The van der Waals surface area contributed by atoms with Gasteiger partial charge in [0.2, 0.25) is 0 Å². The topological polar surface area (TPSA) is 68.5 Å². The Morgan fingerprint density at radius 3 is 2.41 bits per heavy atom. The summed E-state index contributed by atoms with van der Waals surface area (Å²) in [7, 11) is 0. The van der Waals surface area contributed by atoms with Crippen molar-refractivity contribution in [3.05, 3.63) is 87.5 Å². The first-order chi connectivity index (χ1) is 14.1. The van der Waals surface area contributed by atoms with E-state index in [1.807, 2.05) is 30.3 Å². The first-order valence-corrected chi connectivity index (χ1v) is 10.1. The van der Waals surface area contributed by atoms with Gasteiger partial charge in [0.1, 0.15) is 9.71 Å². The van der Waals surface area contributed by atoms with E-state index >= 15 is 0 Å². The molecule has 0 saturated heterocycles. The fourth-order valence-electron chi connectivity index (χ4n) is 3.31. The summed E-state index contributed by atoms with van der Waals surface area (Å²) >= 11 is 1.25. The van der Waals surface area contributed by atoms with E-state index in [4.69, 9.17) is 4.74 Å². The molecule has 0 aliphatic heterocycles. The summed E-state index contributed by atoms with van der Waals surface area (Å²) in [5.74, 6) is -0.401. The van der Waals surface area contributed by atoms with Crippen LogP contribution in [0.2, 0.25) is 0 Å². The maximum atomic E-state index is 12.7. The highest BCUT2D eigenvalue weighted by atomic mass is 32.1. The van der Waals surface area contributed by atoms with Crippen LogP contribution in [0.3, 0.4) is 0 Å². The van der Waals surface area contributed by atoms with E-state index in [0.717, 1.165) is 22.1 Å². The SMILES string of the molecule is CCOC(=O)c1sc2c(ccc(=O)n2-c2ccc(CO)cc2)c1-c1ccccc1. The lowest BCUT2D eigenvalue weighted by molar-refractivity contribution is 0.0533.